The molecule has 1 aliphatic rings. The van der Waals surface area contributed by atoms with Crippen molar-refractivity contribution < 1.29 is 9.90 Å². The predicted octanol–water partition coefficient (Wildman–Crippen LogP) is 3.01. The van der Waals surface area contributed by atoms with E-state index in [0.29, 0.717) is 5.02 Å². The number of carbonyl (C=O) groups excluding carboxylic acids is 1. The maximum Gasteiger partial charge on any atom is 0.315 e. The van der Waals surface area contributed by atoms with E-state index in [1.54, 1.807) is 6.07 Å². The van der Waals surface area contributed by atoms with Crippen LogP contribution in [0.3, 0.4) is 0 Å². The second kappa shape index (κ2) is 6.46. The number of amides is 2. The monoisotopic (exact) mass is 296 g/mol. The largest absolute Gasteiger partial charge is 0.394 e. The summed E-state index contributed by atoms with van der Waals surface area (Å²) in [5.74, 6) is 0. The first kappa shape index (κ1) is 15.1. The number of hydrogen-bond donors (Lipinski definition) is 3. The van der Waals surface area contributed by atoms with Gasteiger partial charge in [0, 0.05) is 5.02 Å². The Hall–Kier alpha value is -1.26. The van der Waals surface area contributed by atoms with E-state index in [-0.39, 0.29) is 18.7 Å². The highest BCUT2D eigenvalue weighted by atomic mass is 35.5. The molecule has 2 rings (SSSR count). The highest BCUT2D eigenvalue weighted by Crippen LogP contribution is 2.29. The zero-order chi connectivity index (χ0) is 14.6. The summed E-state index contributed by atoms with van der Waals surface area (Å²) in [6, 6.07) is 7.05. The van der Waals surface area contributed by atoms with Crippen molar-refractivity contribution in [2.24, 2.45) is 0 Å². The summed E-state index contributed by atoms with van der Waals surface area (Å²) in [4.78, 5) is 12.1. The summed E-state index contributed by atoms with van der Waals surface area (Å²) in [6.45, 7) is 1.90. The second-order valence-corrected chi connectivity index (χ2v) is 5.96. The molecule has 3 N–H and O–H groups in total. The molecule has 1 atom stereocenters. The Bertz CT molecular complexity index is 473. The van der Waals surface area contributed by atoms with Gasteiger partial charge in [-0.1, -0.05) is 36.6 Å². The molecule has 1 aliphatic carbocycles. The van der Waals surface area contributed by atoms with Crippen molar-refractivity contribution in [2.75, 3.05) is 6.61 Å². The summed E-state index contributed by atoms with van der Waals surface area (Å²) in [6.07, 6.45) is 3.76. The fraction of sp³-hybridized carbons (Fsp3) is 0.533. The van der Waals surface area contributed by atoms with Gasteiger partial charge in [0.2, 0.25) is 0 Å². The molecule has 0 radical (unpaired) electrons. The summed E-state index contributed by atoms with van der Waals surface area (Å²) < 4.78 is 0. The average molecular weight is 297 g/mol. The Labute approximate surface area is 124 Å². The predicted molar refractivity (Wildman–Crippen MR) is 79.8 cm³/mol. The molecular formula is C15H21ClN2O2. The summed E-state index contributed by atoms with van der Waals surface area (Å²) in [7, 11) is 0. The molecule has 0 heterocycles. The molecule has 1 fully saturated rings. The van der Waals surface area contributed by atoms with E-state index in [4.69, 9.17) is 11.6 Å². The number of aliphatic hydroxyl groups excluding tert-OH is 1. The third kappa shape index (κ3) is 3.64. The van der Waals surface area contributed by atoms with E-state index < -0.39 is 5.54 Å². The van der Waals surface area contributed by atoms with Crippen LogP contribution in [0.5, 0.6) is 0 Å². The zero-order valence-electron chi connectivity index (χ0n) is 11.7. The van der Waals surface area contributed by atoms with E-state index in [1.165, 1.54) is 0 Å². The van der Waals surface area contributed by atoms with Crippen molar-refractivity contribution in [1.82, 2.24) is 10.6 Å². The van der Waals surface area contributed by atoms with Crippen LogP contribution in [0.1, 0.15) is 44.2 Å². The number of rotatable bonds is 4. The minimum absolute atomic E-state index is 0.00797. The lowest BCUT2D eigenvalue weighted by Crippen LogP contribution is -2.53. The van der Waals surface area contributed by atoms with E-state index in [9.17, 15) is 9.90 Å². The van der Waals surface area contributed by atoms with Crippen molar-refractivity contribution in [3.05, 3.63) is 34.9 Å². The van der Waals surface area contributed by atoms with Crippen LogP contribution in [0.2, 0.25) is 5.02 Å². The van der Waals surface area contributed by atoms with E-state index in [2.05, 4.69) is 10.6 Å². The number of halogens is 1. The minimum Gasteiger partial charge on any atom is -0.394 e. The highest BCUT2D eigenvalue weighted by Gasteiger charge is 2.34. The lowest BCUT2D eigenvalue weighted by molar-refractivity contribution is 0.162. The molecule has 1 unspecified atom stereocenters. The third-order valence-electron chi connectivity index (χ3n) is 3.94. The quantitative estimate of drug-likeness (QED) is 0.800. The van der Waals surface area contributed by atoms with Crippen LogP contribution in [-0.4, -0.2) is 23.3 Å². The van der Waals surface area contributed by atoms with Gasteiger partial charge >= 0.3 is 6.03 Å². The molecule has 20 heavy (non-hydrogen) atoms. The van der Waals surface area contributed by atoms with Crippen LogP contribution in [-0.2, 0) is 0 Å². The fourth-order valence-corrected chi connectivity index (χ4v) is 2.91. The van der Waals surface area contributed by atoms with Crippen LogP contribution in [0, 0.1) is 0 Å². The van der Waals surface area contributed by atoms with Gasteiger partial charge in [0.25, 0.3) is 0 Å². The molecular weight excluding hydrogens is 276 g/mol. The van der Waals surface area contributed by atoms with Crippen molar-refractivity contribution in [1.29, 1.82) is 0 Å². The first-order chi connectivity index (χ1) is 9.54. The molecule has 110 valence electrons. The SMILES string of the molecule is CC(NC(=O)NC1(CO)CCCC1)c1cccc(Cl)c1. The first-order valence-corrected chi connectivity index (χ1v) is 7.37. The van der Waals surface area contributed by atoms with Gasteiger partial charge in [-0.05, 0) is 37.5 Å². The van der Waals surface area contributed by atoms with Crippen LogP contribution in [0.25, 0.3) is 0 Å². The Morgan fingerprint density at radius 1 is 1.45 bits per heavy atom. The van der Waals surface area contributed by atoms with E-state index in [0.717, 1.165) is 31.2 Å². The number of hydrogen-bond acceptors (Lipinski definition) is 2. The van der Waals surface area contributed by atoms with Crippen LogP contribution in [0.4, 0.5) is 4.79 Å². The molecule has 0 saturated heterocycles. The maximum atomic E-state index is 12.1. The van der Waals surface area contributed by atoms with E-state index >= 15 is 0 Å². The molecule has 1 aromatic carbocycles. The van der Waals surface area contributed by atoms with Crippen LogP contribution >= 0.6 is 11.6 Å². The number of benzene rings is 1. The van der Waals surface area contributed by atoms with Gasteiger partial charge in [-0.15, -0.1) is 0 Å². The second-order valence-electron chi connectivity index (χ2n) is 5.52. The summed E-state index contributed by atoms with van der Waals surface area (Å²) in [5, 5.41) is 16.0. The van der Waals surface area contributed by atoms with Gasteiger partial charge in [-0.3, -0.25) is 0 Å². The standard InChI is InChI=1S/C15H21ClN2O2/c1-11(12-5-4-6-13(16)9-12)17-14(20)18-15(10-19)7-2-3-8-15/h4-6,9,11,19H,2-3,7-8,10H2,1H3,(H2,17,18,20). The summed E-state index contributed by atoms with van der Waals surface area (Å²) in [5.41, 5.74) is 0.509. The highest BCUT2D eigenvalue weighted by molar-refractivity contribution is 6.30. The first-order valence-electron chi connectivity index (χ1n) is 7.00. The van der Waals surface area contributed by atoms with Crippen molar-refractivity contribution in [3.63, 3.8) is 0 Å². The molecule has 2 amide bonds. The van der Waals surface area contributed by atoms with Crippen molar-refractivity contribution in [3.8, 4) is 0 Å². The van der Waals surface area contributed by atoms with Crippen LogP contribution in [0.15, 0.2) is 24.3 Å². The Kier molecular flexibility index (Phi) is 4.89. The Morgan fingerprint density at radius 2 is 2.15 bits per heavy atom. The molecule has 1 saturated carbocycles. The lowest BCUT2D eigenvalue weighted by atomic mass is 9.99. The summed E-state index contributed by atoms with van der Waals surface area (Å²) >= 11 is 5.95. The van der Waals surface area contributed by atoms with Crippen molar-refractivity contribution in [2.45, 2.75) is 44.2 Å². The van der Waals surface area contributed by atoms with Gasteiger partial charge in [-0.25, -0.2) is 4.79 Å². The third-order valence-corrected chi connectivity index (χ3v) is 4.17. The number of aliphatic hydroxyl groups is 1. The molecule has 0 spiro atoms. The molecule has 4 nitrogen and oxygen atoms in total. The Balaban J connectivity index is 1.94. The normalized spacial score (nSPS) is 18.6. The molecule has 0 aliphatic heterocycles. The molecule has 0 bridgehead atoms. The maximum absolute atomic E-state index is 12.1. The zero-order valence-corrected chi connectivity index (χ0v) is 12.4. The minimum atomic E-state index is -0.446. The molecule has 0 aromatic heterocycles. The van der Waals surface area contributed by atoms with Gasteiger partial charge < -0.3 is 15.7 Å². The van der Waals surface area contributed by atoms with Gasteiger partial charge in [0.05, 0.1) is 18.2 Å². The fourth-order valence-electron chi connectivity index (χ4n) is 2.71. The average Bonchev–Trinajstić information content (AvgIpc) is 2.87. The molecule has 1 aromatic rings. The lowest BCUT2D eigenvalue weighted by Gasteiger charge is -2.29. The number of nitrogens with one attached hydrogen (secondary N) is 2. The number of urea groups is 1. The Morgan fingerprint density at radius 3 is 2.75 bits per heavy atom. The van der Waals surface area contributed by atoms with Crippen LogP contribution < -0.4 is 10.6 Å². The van der Waals surface area contributed by atoms with E-state index in [1.807, 2.05) is 25.1 Å². The van der Waals surface area contributed by atoms with Gasteiger partial charge in [-0.2, -0.15) is 0 Å². The molecule has 5 heteroatoms. The van der Waals surface area contributed by atoms with Gasteiger partial charge in [0.15, 0.2) is 0 Å². The van der Waals surface area contributed by atoms with Crippen molar-refractivity contribution >= 4 is 17.6 Å². The topological polar surface area (TPSA) is 61.4 Å². The van der Waals surface area contributed by atoms with Gasteiger partial charge in [0.1, 0.15) is 0 Å². The smallest absolute Gasteiger partial charge is 0.315 e. The number of carbonyl (C=O) groups is 1.